The first-order chi connectivity index (χ1) is 17.0. The molecule has 0 spiro atoms. The average Bonchev–Trinajstić information content (AvgIpc) is 2.86. The third-order valence-corrected chi connectivity index (χ3v) is 6.72. The van der Waals surface area contributed by atoms with Crippen LogP contribution in [0.3, 0.4) is 0 Å². The van der Waals surface area contributed by atoms with Gasteiger partial charge in [-0.1, -0.05) is 80.1 Å². The van der Waals surface area contributed by atoms with E-state index >= 15 is 0 Å². The SMILES string of the molecule is CCCCC([NH3+])(CCCC)CCCC.CCCCC([NH3+])(CCCC)CCCC.O=C([O-])/C=C\C(=O)[O-]. The van der Waals surface area contributed by atoms with Crippen LogP contribution in [-0.4, -0.2) is 23.0 Å². The van der Waals surface area contributed by atoms with E-state index in [9.17, 15) is 19.8 Å². The Bertz CT molecular complexity index is 445. The number of hydrogen-bond acceptors (Lipinski definition) is 4. The van der Waals surface area contributed by atoms with E-state index in [-0.39, 0.29) is 0 Å². The molecule has 0 aliphatic carbocycles. The minimum absolute atomic E-state index is 0.384. The number of carbonyl (C=O) groups excluding carboxylic acids is 2. The summed E-state index contributed by atoms with van der Waals surface area (Å²) in [6.07, 6.45) is 24.8. The third kappa shape index (κ3) is 28.8. The Hall–Kier alpha value is -1.40. The Kier molecular flexibility index (Phi) is 29.0. The van der Waals surface area contributed by atoms with Crippen molar-refractivity contribution in [3.05, 3.63) is 12.2 Å². The Balaban J connectivity index is -0.000000472. The summed E-state index contributed by atoms with van der Waals surface area (Å²) in [6.45, 7) is 13.7. The first kappa shape index (κ1) is 39.1. The summed E-state index contributed by atoms with van der Waals surface area (Å²) in [5.41, 5.74) is 9.77. The van der Waals surface area contributed by atoms with Gasteiger partial charge >= 0.3 is 0 Å². The second-order valence-electron chi connectivity index (χ2n) is 10.6. The first-order valence-corrected chi connectivity index (χ1v) is 14.8. The molecule has 6 heteroatoms. The summed E-state index contributed by atoms with van der Waals surface area (Å²) in [7, 11) is 0. The lowest BCUT2D eigenvalue weighted by molar-refractivity contribution is -0.484. The molecule has 0 bridgehead atoms. The number of hydrogen-bond donors (Lipinski definition) is 2. The zero-order chi connectivity index (χ0) is 28.3. The summed E-state index contributed by atoms with van der Waals surface area (Å²) in [4.78, 5) is 18.8. The van der Waals surface area contributed by atoms with Crippen molar-refractivity contribution in [1.29, 1.82) is 0 Å². The molecule has 0 aromatic carbocycles. The highest BCUT2D eigenvalue weighted by atomic mass is 16.4. The van der Waals surface area contributed by atoms with Gasteiger partial charge in [0.05, 0.1) is 23.0 Å². The lowest BCUT2D eigenvalue weighted by atomic mass is 9.84. The van der Waals surface area contributed by atoms with Crippen molar-refractivity contribution < 1.29 is 31.3 Å². The highest BCUT2D eigenvalue weighted by Gasteiger charge is 2.27. The maximum Gasteiger partial charge on any atom is 0.0945 e. The maximum atomic E-state index is 9.41. The van der Waals surface area contributed by atoms with E-state index < -0.39 is 11.9 Å². The van der Waals surface area contributed by atoms with E-state index in [0.29, 0.717) is 23.2 Å². The molecule has 0 atom stereocenters. The van der Waals surface area contributed by atoms with Crippen LogP contribution in [0.25, 0.3) is 0 Å². The van der Waals surface area contributed by atoms with Crippen LogP contribution in [0.15, 0.2) is 12.2 Å². The van der Waals surface area contributed by atoms with E-state index in [0.717, 1.165) is 0 Å². The van der Waals surface area contributed by atoms with E-state index in [1.165, 1.54) is 116 Å². The van der Waals surface area contributed by atoms with Crippen molar-refractivity contribution in [1.82, 2.24) is 0 Å². The Morgan fingerprint density at radius 1 is 0.500 bits per heavy atom. The predicted octanol–water partition coefficient (Wildman–Crippen LogP) is 4.12. The van der Waals surface area contributed by atoms with Crippen molar-refractivity contribution in [3.8, 4) is 0 Å². The van der Waals surface area contributed by atoms with Gasteiger partial charge in [-0.15, -0.1) is 0 Å². The standard InChI is InChI=1S/2C13H29N.C4H4O4/c2*1-4-7-10-13(14,11-8-5-2)12-9-6-3;5-3(6)1-2-4(7)8/h2*4-12,14H2,1-3H3;1-2H,(H,5,6)(H,7,8)/b;;2-1-. The molecule has 0 aliphatic rings. The molecule has 0 rings (SSSR count). The fourth-order valence-electron chi connectivity index (χ4n) is 4.20. The molecule has 0 unspecified atom stereocenters. The van der Waals surface area contributed by atoms with Crippen LogP contribution in [0.5, 0.6) is 0 Å². The molecule has 0 radical (unpaired) electrons. The first-order valence-electron chi connectivity index (χ1n) is 14.8. The second-order valence-corrected chi connectivity index (χ2v) is 10.6. The highest BCUT2D eigenvalue weighted by molar-refractivity contribution is 5.87. The van der Waals surface area contributed by atoms with Gasteiger partial charge in [0, 0.05) is 38.5 Å². The summed E-state index contributed by atoms with van der Waals surface area (Å²) in [6, 6.07) is 0. The molecule has 0 aromatic heterocycles. The molecule has 0 amide bonds. The molecular formula is C30H62N2O4. The van der Waals surface area contributed by atoms with Crippen LogP contribution in [0, 0.1) is 0 Å². The Morgan fingerprint density at radius 2 is 0.667 bits per heavy atom. The van der Waals surface area contributed by atoms with Crippen LogP contribution in [0.1, 0.15) is 157 Å². The Labute approximate surface area is 223 Å². The van der Waals surface area contributed by atoms with Gasteiger partial charge in [-0.3, -0.25) is 0 Å². The van der Waals surface area contributed by atoms with Crippen molar-refractivity contribution in [2.24, 2.45) is 0 Å². The van der Waals surface area contributed by atoms with Crippen LogP contribution in [0.2, 0.25) is 0 Å². The topological polar surface area (TPSA) is 136 Å². The molecule has 0 heterocycles. The average molecular weight is 515 g/mol. The number of aliphatic carboxylic acids is 2. The molecule has 0 saturated carbocycles. The van der Waals surface area contributed by atoms with Gasteiger partial charge in [-0.05, 0) is 50.7 Å². The number of carbonyl (C=O) groups is 2. The van der Waals surface area contributed by atoms with Gasteiger partial charge in [0.25, 0.3) is 0 Å². The van der Waals surface area contributed by atoms with E-state index in [1.54, 1.807) is 0 Å². The van der Waals surface area contributed by atoms with Crippen molar-refractivity contribution in [3.63, 3.8) is 0 Å². The molecule has 0 aromatic rings. The number of unbranched alkanes of at least 4 members (excludes halogenated alkanes) is 6. The van der Waals surface area contributed by atoms with Gasteiger partial charge in [0.15, 0.2) is 0 Å². The monoisotopic (exact) mass is 514 g/mol. The van der Waals surface area contributed by atoms with Crippen molar-refractivity contribution in [2.45, 2.75) is 168 Å². The largest absolute Gasteiger partial charge is 0.545 e. The molecule has 36 heavy (non-hydrogen) atoms. The molecule has 0 fully saturated rings. The fraction of sp³-hybridized carbons (Fsp3) is 0.867. The summed E-state index contributed by atoms with van der Waals surface area (Å²) in [5.74, 6) is -3.09. The number of rotatable bonds is 20. The molecule has 0 aliphatic heterocycles. The predicted molar refractivity (Wildman–Crippen MR) is 148 cm³/mol. The minimum atomic E-state index is -1.55. The summed E-state index contributed by atoms with van der Waals surface area (Å²) >= 11 is 0. The maximum absolute atomic E-state index is 9.41. The van der Waals surface area contributed by atoms with Crippen molar-refractivity contribution >= 4 is 11.9 Å². The van der Waals surface area contributed by atoms with Crippen LogP contribution < -0.4 is 21.7 Å². The van der Waals surface area contributed by atoms with E-state index in [4.69, 9.17) is 0 Å². The number of carboxylic acids is 2. The number of carboxylic acid groups (broad SMARTS) is 2. The lowest BCUT2D eigenvalue weighted by Crippen LogP contribution is -2.72. The van der Waals surface area contributed by atoms with E-state index in [1.807, 2.05) is 0 Å². The van der Waals surface area contributed by atoms with Gasteiger partial charge in [0.2, 0.25) is 0 Å². The molecule has 216 valence electrons. The number of quaternary nitrogens is 2. The van der Waals surface area contributed by atoms with Crippen LogP contribution >= 0.6 is 0 Å². The van der Waals surface area contributed by atoms with E-state index in [2.05, 4.69) is 53.0 Å². The van der Waals surface area contributed by atoms with Crippen molar-refractivity contribution in [2.75, 3.05) is 0 Å². The third-order valence-electron chi connectivity index (χ3n) is 6.72. The van der Waals surface area contributed by atoms with Gasteiger partial charge in [-0.2, -0.15) is 0 Å². The zero-order valence-electron chi connectivity index (χ0n) is 24.9. The van der Waals surface area contributed by atoms with Gasteiger partial charge in [-0.25, -0.2) is 0 Å². The summed E-state index contributed by atoms with van der Waals surface area (Å²) in [5, 5.41) is 18.8. The molecule has 6 N–H and O–H groups in total. The van der Waals surface area contributed by atoms with Crippen LogP contribution in [-0.2, 0) is 9.59 Å². The zero-order valence-corrected chi connectivity index (χ0v) is 24.9. The smallest absolute Gasteiger partial charge is 0.0945 e. The fourth-order valence-corrected chi connectivity index (χ4v) is 4.20. The Morgan fingerprint density at radius 3 is 0.778 bits per heavy atom. The second kappa shape index (κ2) is 26.7. The van der Waals surface area contributed by atoms with Gasteiger partial charge in [0.1, 0.15) is 0 Å². The minimum Gasteiger partial charge on any atom is -0.545 e. The van der Waals surface area contributed by atoms with Gasteiger partial charge < -0.3 is 31.3 Å². The summed E-state index contributed by atoms with van der Waals surface area (Å²) < 4.78 is 0. The quantitative estimate of drug-likeness (QED) is 0.236. The van der Waals surface area contributed by atoms with Crippen LogP contribution in [0.4, 0.5) is 0 Å². The highest BCUT2D eigenvalue weighted by Crippen LogP contribution is 2.23. The normalized spacial score (nSPS) is 11.4. The molecule has 0 saturated heterocycles. The lowest BCUT2D eigenvalue weighted by Gasteiger charge is -2.25. The molecule has 6 nitrogen and oxygen atoms in total. The molecular weight excluding hydrogens is 452 g/mol.